The Labute approximate surface area is 200 Å². The normalized spacial score (nSPS) is 15.2. The van der Waals surface area contributed by atoms with Crippen molar-refractivity contribution >= 4 is 23.4 Å². The van der Waals surface area contributed by atoms with Crippen LogP contribution in [0.2, 0.25) is 0 Å². The van der Waals surface area contributed by atoms with E-state index >= 15 is 0 Å². The second kappa shape index (κ2) is 10.0. The predicted octanol–water partition coefficient (Wildman–Crippen LogP) is 6.50. The molecule has 1 aliphatic rings. The molecule has 2 aromatic carbocycles. The first-order valence-electron chi connectivity index (χ1n) is 11.4. The van der Waals surface area contributed by atoms with Crippen molar-refractivity contribution in [2.75, 3.05) is 0 Å². The fraction of sp³-hybridized carbons (Fsp3) is 0.231. The Balaban J connectivity index is 1.52. The van der Waals surface area contributed by atoms with E-state index in [1.807, 2.05) is 22.9 Å². The zero-order chi connectivity index (χ0) is 23.3. The van der Waals surface area contributed by atoms with Crippen LogP contribution in [-0.4, -0.2) is 21.9 Å². The predicted molar refractivity (Wildman–Crippen MR) is 134 cm³/mol. The molecule has 0 N–H and O–H groups in total. The quantitative estimate of drug-likeness (QED) is 0.182. The molecular weight excluding hydrogens is 448 g/mol. The van der Waals surface area contributed by atoms with Crippen molar-refractivity contribution in [1.82, 2.24) is 4.68 Å². The van der Waals surface area contributed by atoms with Gasteiger partial charge in [-0.3, -0.25) is 15.1 Å². The molecule has 34 heavy (non-hydrogen) atoms. The van der Waals surface area contributed by atoms with E-state index in [4.69, 9.17) is 9.41 Å². The van der Waals surface area contributed by atoms with E-state index in [9.17, 15) is 10.1 Å². The fourth-order valence-electron chi connectivity index (χ4n) is 4.15. The van der Waals surface area contributed by atoms with E-state index in [0.29, 0.717) is 11.8 Å². The van der Waals surface area contributed by atoms with Gasteiger partial charge < -0.3 is 4.42 Å². The highest BCUT2D eigenvalue weighted by atomic mass is 32.1. The van der Waals surface area contributed by atoms with Crippen LogP contribution in [0.5, 0.6) is 0 Å². The van der Waals surface area contributed by atoms with Gasteiger partial charge in [0.25, 0.3) is 0 Å². The van der Waals surface area contributed by atoms with E-state index in [-0.39, 0.29) is 5.88 Å². The molecule has 0 radical (unpaired) electrons. The first-order valence-corrected chi connectivity index (χ1v) is 12.2. The van der Waals surface area contributed by atoms with Gasteiger partial charge in [-0.25, -0.2) is 4.68 Å². The maximum absolute atomic E-state index is 10.9. The number of thiazole rings is 1. The molecule has 172 valence electrons. The number of hydrogen-bond acceptors (Lipinski definition) is 6. The van der Waals surface area contributed by atoms with Crippen molar-refractivity contribution < 1.29 is 9.34 Å². The molecule has 5 rings (SSSR count). The molecule has 0 bridgehead atoms. The third-order valence-electron chi connectivity index (χ3n) is 5.93. The molecule has 1 fully saturated rings. The number of benzene rings is 2. The number of hydrogen-bond donors (Lipinski definition) is 0. The standard InChI is InChI=1S/C26H24N4O3S/c31-30(32)25-16-15-23(33-25)17-27-29-24(18-34-26(29)28-22-9-5-2-6-10-22)21-13-11-20(12-14-21)19-7-3-1-4-8-19/h1,3-4,7-8,11-18,22H,2,5-6,9-10H2. The molecule has 0 saturated heterocycles. The highest BCUT2D eigenvalue weighted by Crippen LogP contribution is 2.26. The first-order chi connectivity index (χ1) is 16.7. The smallest absolute Gasteiger partial charge is 0.400 e. The molecule has 7 nitrogen and oxygen atoms in total. The van der Waals surface area contributed by atoms with Crippen LogP contribution >= 0.6 is 11.3 Å². The van der Waals surface area contributed by atoms with Gasteiger partial charge in [-0.15, -0.1) is 11.3 Å². The zero-order valence-corrected chi connectivity index (χ0v) is 19.4. The number of nitro groups is 1. The molecule has 8 heteroatoms. The van der Waals surface area contributed by atoms with Gasteiger partial charge in [0.15, 0.2) is 5.76 Å². The van der Waals surface area contributed by atoms with Crippen molar-refractivity contribution in [3.8, 4) is 22.4 Å². The van der Waals surface area contributed by atoms with Crippen LogP contribution in [0.15, 0.2) is 86.6 Å². The Hall–Kier alpha value is -3.78. The lowest BCUT2D eigenvalue weighted by Crippen LogP contribution is -2.18. The summed E-state index contributed by atoms with van der Waals surface area (Å²) >= 11 is 1.55. The van der Waals surface area contributed by atoms with Gasteiger partial charge in [-0.2, -0.15) is 5.10 Å². The molecule has 0 amide bonds. The summed E-state index contributed by atoms with van der Waals surface area (Å²) in [6.07, 6.45) is 7.35. The monoisotopic (exact) mass is 472 g/mol. The summed E-state index contributed by atoms with van der Waals surface area (Å²) in [4.78, 5) is 16.2. The minimum absolute atomic E-state index is 0.298. The summed E-state index contributed by atoms with van der Waals surface area (Å²) in [5.74, 6) is 0.0139. The minimum Gasteiger partial charge on any atom is -0.400 e. The highest BCUT2D eigenvalue weighted by Gasteiger charge is 2.15. The van der Waals surface area contributed by atoms with E-state index < -0.39 is 4.92 Å². The van der Waals surface area contributed by atoms with Crippen LogP contribution in [-0.2, 0) is 0 Å². The number of furan rings is 1. The molecule has 0 aliphatic heterocycles. The summed E-state index contributed by atoms with van der Waals surface area (Å²) in [6, 6.07) is 21.8. The van der Waals surface area contributed by atoms with Crippen LogP contribution in [0.25, 0.3) is 22.4 Å². The van der Waals surface area contributed by atoms with E-state index in [1.54, 1.807) is 17.4 Å². The summed E-state index contributed by atoms with van der Waals surface area (Å²) < 4.78 is 7.07. The first kappa shape index (κ1) is 22.0. The average molecular weight is 473 g/mol. The summed E-state index contributed by atoms with van der Waals surface area (Å²) in [6.45, 7) is 0. The van der Waals surface area contributed by atoms with Gasteiger partial charge in [-0.05, 0) is 30.0 Å². The van der Waals surface area contributed by atoms with Crippen LogP contribution in [0.4, 0.5) is 5.88 Å². The SMILES string of the molecule is O=[N+]([O-])c1ccc(C=Nn2c(-c3ccc(-c4ccccc4)cc3)csc2=NC2CCCCC2)o1. The van der Waals surface area contributed by atoms with Crippen molar-refractivity contribution in [2.45, 2.75) is 38.1 Å². The molecule has 1 aliphatic carbocycles. The Bertz CT molecular complexity index is 1360. The highest BCUT2D eigenvalue weighted by molar-refractivity contribution is 7.07. The summed E-state index contributed by atoms with van der Waals surface area (Å²) in [7, 11) is 0. The molecule has 2 heterocycles. The van der Waals surface area contributed by atoms with Gasteiger partial charge in [0.05, 0.1) is 24.0 Å². The van der Waals surface area contributed by atoms with E-state index in [2.05, 4.69) is 46.9 Å². The molecule has 0 atom stereocenters. The van der Waals surface area contributed by atoms with Crippen LogP contribution in [0.1, 0.15) is 37.9 Å². The second-order valence-electron chi connectivity index (χ2n) is 8.26. The lowest BCUT2D eigenvalue weighted by atomic mass is 9.96. The summed E-state index contributed by atoms with van der Waals surface area (Å²) in [5, 5.41) is 17.6. The number of nitrogens with zero attached hydrogens (tertiary/aromatic N) is 4. The molecular formula is C26H24N4O3S. The van der Waals surface area contributed by atoms with Gasteiger partial charge in [0.1, 0.15) is 4.92 Å². The molecule has 2 aromatic heterocycles. The lowest BCUT2D eigenvalue weighted by Gasteiger charge is -2.16. The van der Waals surface area contributed by atoms with Gasteiger partial charge in [0, 0.05) is 10.9 Å². The van der Waals surface area contributed by atoms with Gasteiger partial charge in [0.2, 0.25) is 4.80 Å². The third kappa shape index (κ3) is 4.92. The van der Waals surface area contributed by atoms with E-state index in [0.717, 1.165) is 40.0 Å². The lowest BCUT2D eigenvalue weighted by molar-refractivity contribution is -0.402. The Morgan fingerprint density at radius 3 is 2.35 bits per heavy atom. The van der Waals surface area contributed by atoms with Gasteiger partial charge >= 0.3 is 5.88 Å². The Morgan fingerprint density at radius 2 is 1.65 bits per heavy atom. The zero-order valence-electron chi connectivity index (χ0n) is 18.5. The molecule has 0 spiro atoms. The number of aromatic nitrogens is 1. The van der Waals surface area contributed by atoms with E-state index in [1.165, 1.54) is 31.5 Å². The maximum Gasteiger partial charge on any atom is 0.433 e. The Morgan fingerprint density at radius 1 is 0.941 bits per heavy atom. The second-order valence-corrected chi connectivity index (χ2v) is 9.09. The average Bonchev–Trinajstić information content (AvgIpc) is 3.51. The van der Waals surface area contributed by atoms with Crippen molar-refractivity contribution in [3.05, 3.63) is 92.8 Å². The third-order valence-corrected chi connectivity index (χ3v) is 6.76. The fourth-order valence-corrected chi connectivity index (χ4v) is 5.06. The van der Waals surface area contributed by atoms with Gasteiger partial charge in [-0.1, -0.05) is 73.9 Å². The number of rotatable bonds is 6. The largest absolute Gasteiger partial charge is 0.433 e. The maximum atomic E-state index is 10.9. The van der Waals surface area contributed by atoms with Crippen LogP contribution in [0, 0.1) is 10.1 Å². The summed E-state index contributed by atoms with van der Waals surface area (Å²) in [5.41, 5.74) is 4.24. The topological polar surface area (TPSA) is 85.9 Å². The molecule has 1 saturated carbocycles. The van der Waals surface area contributed by atoms with Crippen molar-refractivity contribution in [2.24, 2.45) is 10.1 Å². The Kier molecular flexibility index (Phi) is 6.49. The molecule has 4 aromatic rings. The van der Waals surface area contributed by atoms with Crippen LogP contribution < -0.4 is 4.80 Å². The molecule has 0 unspecified atom stereocenters. The van der Waals surface area contributed by atoms with Crippen molar-refractivity contribution in [1.29, 1.82) is 0 Å². The van der Waals surface area contributed by atoms with Crippen LogP contribution in [0.3, 0.4) is 0 Å². The van der Waals surface area contributed by atoms with Crippen molar-refractivity contribution in [3.63, 3.8) is 0 Å². The minimum atomic E-state index is -0.557.